The second kappa shape index (κ2) is 2.95. The molecule has 0 amide bonds. The number of para-hydroxylation sites is 1. The second-order valence-electron chi connectivity index (χ2n) is 3.41. The minimum Gasteiger partial charge on any atom is -0.456 e. The molecule has 0 aliphatic carbocycles. The Bertz CT molecular complexity index is 652. The van der Waals surface area contributed by atoms with Crippen molar-refractivity contribution in [3.8, 4) is 0 Å². The molecule has 3 rings (SSSR count). The molecule has 15 heavy (non-hydrogen) atoms. The lowest BCUT2D eigenvalue weighted by Gasteiger charge is -1.91. The van der Waals surface area contributed by atoms with Gasteiger partial charge in [-0.25, -0.2) is 0 Å². The van der Waals surface area contributed by atoms with Crippen LogP contribution in [0.25, 0.3) is 21.9 Å². The third kappa shape index (κ3) is 1.15. The molecule has 0 aliphatic heterocycles. The molecule has 0 bridgehead atoms. The Kier molecular flexibility index (Phi) is 1.62. The van der Waals surface area contributed by atoms with Gasteiger partial charge in [0.25, 0.3) is 0 Å². The molecule has 2 heteroatoms. The first-order valence-electron chi connectivity index (χ1n) is 4.71. The van der Waals surface area contributed by atoms with Crippen molar-refractivity contribution in [2.75, 3.05) is 0 Å². The molecule has 2 aromatic carbocycles. The minimum absolute atomic E-state index is 0.758. The van der Waals surface area contributed by atoms with Gasteiger partial charge >= 0.3 is 0 Å². The van der Waals surface area contributed by atoms with Gasteiger partial charge in [-0.2, -0.15) is 0 Å². The summed E-state index contributed by atoms with van der Waals surface area (Å²) in [6.07, 6.45) is 0. The van der Waals surface area contributed by atoms with Gasteiger partial charge in [-0.15, -0.1) is 0 Å². The van der Waals surface area contributed by atoms with Gasteiger partial charge in [-0.3, -0.25) is 4.99 Å². The average Bonchev–Trinajstić information content (AvgIpc) is 2.66. The zero-order chi connectivity index (χ0) is 10.3. The van der Waals surface area contributed by atoms with Crippen LogP contribution in [0.5, 0.6) is 0 Å². The third-order valence-corrected chi connectivity index (χ3v) is 2.51. The lowest BCUT2D eigenvalue weighted by Crippen LogP contribution is -1.66. The molecule has 1 heterocycles. The van der Waals surface area contributed by atoms with Gasteiger partial charge in [-0.1, -0.05) is 18.2 Å². The zero-order valence-electron chi connectivity index (χ0n) is 7.97. The van der Waals surface area contributed by atoms with E-state index < -0.39 is 0 Å². The summed E-state index contributed by atoms with van der Waals surface area (Å²) in [5, 5.41) is 2.15. The normalized spacial score (nSPS) is 10.9. The highest BCUT2D eigenvalue weighted by Gasteiger charge is 2.05. The first-order valence-corrected chi connectivity index (χ1v) is 4.71. The van der Waals surface area contributed by atoms with Gasteiger partial charge in [0.2, 0.25) is 0 Å². The summed E-state index contributed by atoms with van der Waals surface area (Å²) in [5.74, 6) is 0. The van der Waals surface area contributed by atoms with Crippen molar-refractivity contribution in [2.45, 2.75) is 0 Å². The SMILES string of the molecule is [CH]=Nc1ccc2oc3ccccc3c2c1. The molecular weight excluding hydrogens is 186 g/mol. The van der Waals surface area contributed by atoms with E-state index >= 15 is 0 Å². The fourth-order valence-corrected chi connectivity index (χ4v) is 1.79. The van der Waals surface area contributed by atoms with Crippen molar-refractivity contribution >= 4 is 34.3 Å². The molecule has 71 valence electrons. The summed E-state index contributed by atoms with van der Waals surface area (Å²) in [6.45, 7) is 5.25. The van der Waals surface area contributed by atoms with E-state index in [0.29, 0.717) is 0 Å². The predicted octanol–water partition coefficient (Wildman–Crippen LogP) is 3.80. The van der Waals surface area contributed by atoms with Crippen molar-refractivity contribution in [1.29, 1.82) is 0 Å². The van der Waals surface area contributed by atoms with E-state index in [-0.39, 0.29) is 0 Å². The van der Waals surface area contributed by atoms with Crippen LogP contribution in [-0.2, 0) is 0 Å². The lowest BCUT2D eigenvalue weighted by molar-refractivity contribution is 0.669. The summed E-state index contributed by atoms with van der Waals surface area (Å²) in [4.78, 5) is 3.67. The maximum atomic E-state index is 5.67. The Morgan fingerprint density at radius 3 is 2.60 bits per heavy atom. The fraction of sp³-hybridized carbons (Fsp3) is 0. The van der Waals surface area contributed by atoms with E-state index in [2.05, 4.69) is 4.99 Å². The van der Waals surface area contributed by atoms with Crippen LogP contribution in [0.2, 0.25) is 0 Å². The molecule has 0 unspecified atom stereocenters. The minimum atomic E-state index is 0.758. The third-order valence-electron chi connectivity index (χ3n) is 2.51. The number of rotatable bonds is 1. The molecule has 0 aliphatic rings. The maximum absolute atomic E-state index is 5.67. The Morgan fingerprint density at radius 1 is 0.933 bits per heavy atom. The van der Waals surface area contributed by atoms with Crippen LogP contribution in [0.3, 0.4) is 0 Å². The molecule has 0 saturated carbocycles. The van der Waals surface area contributed by atoms with Crippen LogP contribution in [0.1, 0.15) is 0 Å². The number of nitrogens with zero attached hydrogens (tertiary/aromatic N) is 1. The van der Waals surface area contributed by atoms with Crippen molar-refractivity contribution in [3.05, 3.63) is 42.5 Å². The summed E-state index contributed by atoms with van der Waals surface area (Å²) in [5.41, 5.74) is 2.51. The van der Waals surface area contributed by atoms with Crippen molar-refractivity contribution in [3.63, 3.8) is 0 Å². The Morgan fingerprint density at radius 2 is 1.73 bits per heavy atom. The van der Waals surface area contributed by atoms with E-state index in [1.165, 1.54) is 0 Å². The summed E-state index contributed by atoms with van der Waals surface area (Å²) in [7, 11) is 0. The molecular formula is C13H8NO. The summed E-state index contributed by atoms with van der Waals surface area (Å²) < 4.78 is 5.67. The van der Waals surface area contributed by atoms with Crippen LogP contribution in [0.15, 0.2) is 51.9 Å². The Hall–Kier alpha value is -2.09. The van der Waals surface area contributed by atoms with Gasteiger partial charge in [0, 0.05) is 17.5 Å². The average molecular weight is 194 g/mol. The van der Waals surface area contributed by atoms with Gasteiger partial charge < -0.3 is 4.42 Å². The van der Waals surface area contributed by atoms with Crippen LogP contribution >= 0.6 is 0 Å². The number of benzene rings is 2. The quantitative estimate of drug-likeness (QED) is 0.541. The van der Waals surface area contributed by atoms with Gasteiger partial charge in [0.15, 0.2) is 0 Å². The van der Waals surface area contributed by atoms with Gasteiger partial charge in [0.1, 0.15) is 11.2 Å². The second-order valence-corrected chi connectivity index (χ2v) is 3.41. The van der Waals surface area contributed by atoms with E-state index in [0.717, 1.165) is 27.6 Å². The Labute approximate surface area is 86.8 Å². The molecule has 1 aromatic heterocycles. The first-order chi connectivity index (χ1) is 7.38. The van der Waals surface area contributed by atoms with Crippen LogP contribution in [0.4, 0.5) is 5.69 Å². The molecule has 0 N–H and O–H groups in total. The maximum Gasteiger partial charge on any atom is 0.135 e. The Balaban J connectivity index is 2.51. The predicted molar refractivity (Wildman–Crippen MR) is 61.9 cm³/mol. The summed E-state index contributed by atoms with van der Waals surface area (Å²) in [6, 6.07) is 13.6. The van der Waals surface area contributed by atoms with E-state index in [1.807, 2.05) is 42.5 Å². The molecule has 0 spiro atoms. The highest BCUT2D eigenvalue weighted by Crippen LogP contribution is 2.30. The van der Waals surface area contributed by atoms with Crippen LogP contribution < -0.4 is 0 Å². The zero-order valence-corrected chi connectivity index (χ0v) is 7.97. The monoisotopic (exact) mass is 194 g/mol. The number of furan rings is 1. The fourth-order valence-electron chi connectivity index (χ4n) is 1.79. The molecule has 0 atom stereocenters. The molecule has 2 nitrogen and oxygen atoms in total. The topological polar surface area (TPSA) is 25.5 Å². The largest absolute Gasteiger partial charge is 0.456 e. The van der Waals surface area contributed by atoms with E-state index in [1.54, 1.807) is 0 Å². The number of hydrogen-bond donors (Lipinski definition) is 0. The highest BCUT2D eigenvalue weighted by molar-refractivity contribution is 6.05. The van der Waals surface area contributed by atoms with E-state index in [9.17, 15) is 0 Å². The molecule has 1 radical (unpaired) electrons. The molecule has 3 aromatic rings. The first kappa shape index (κ1) is 8.24. The van der Waals surface area contributed by atoms with Crippen LogP contribution in [0, 0.1) is 0 Å². The van der Waals surface area contributed by atoms with E-state index in [4.69, 9.17) is 11.1 Å². The summed E-state index contributed by atoms with van der Waals surface area (Å²) >= 11 is 0. The highest BCUT2D eigenvalue weighted by atomic mass is 16.3. The number of fused-ring (bicyclic) bond motifs is 3. The van der Waals surface area contributed by atoms with Gasteiger partial charge in [-0.05, 0) is 24.3 Å². The standard InChI is InChI=1S/C13H8NO/c1-14-9-6-7-13-11(8-9)10-4-2-3-5-12(10)15-13/h1-8H. The van der Waals surface area contributed by atoms with Crippen molar-refractivity contribution in [1.82, 2.24) is 0 Å². The number of aliphatic imine (C=N–C) groups is 1. The van der Waals surface area contributed by atoms with Crippen LogP contribution in [-0.4, -0.2) is 6.72 Å². The van der Waals surface area contributed by atoms with Gasteiger partial charge in [0.05, 0.1) is 5.69 Å². The smallest absolute Gasteiger partial charge is 0.135 e. The number of hydrogen-bond acceptors (Lipinski definition) is 2. The van der Waals surface area contributed by atoms with Crippen molar-refractivity contribution < 1.29 is 4.42 Å². The lowest BCUT2D eigenvalue weighted by atomic mass is 10.1. The van der Waals surface area contributed by atoms with Crippen molar-refractivity contribution in [2.24, 2.45) is 4.99 Å². The molecule has 0 fully saturated rings. The molecule has 0 saturated heterocycles.